The number of carbonyl (C=O) groups is 4. The second kappa shape index (κ2) is 12.1. The summed E-state index contributed by atoms with van der Waals surface area (Å²) in [6.45, 7) is 14.9. The van der Waals surface area contributed by atoms with Crippen LogP contribution in [0, 0.1) is 0 Å². The van der Waals surface area contributed by atoms with Crippen LogP contribution in [-0.4, -0.2) is 46.6 Å². The summed E-state index contributed by atoms with van der Waals surface area (Å²) in [5, 5.41) is 10.5. The van der Waals surface area contributed by atoms with Crippen LogP contribution in [-0.2, 0) is 9.59 Å². The summed E-state index contributed by atoms with van der Waals surface area (Å²) < 4.78 is 0. The van der Waals surface area contributed by atoms with Crippen LogP contribution in [0.3, 0.4) is 0 Å². The van der Waals surface area contributed by atoms with Crippen molar-refractivity contribution < 1.29 is 19.2 Å². The number of hydrogen-bond acceptors (Lipinski definition) is 4. The molecule has 33 heavy (non-hydrogen) atoms. The average Bonchev–Trinajstić information content (AvgIpc) is 2.48. The number of amidine groups is 2. The van der Waals surface area contributed by atoms with Gasteiger partial charge in [0.2, 0.25) is 11.8 Å². The predicted molar refractivity (Wildman–Crippen MR) is 131 cm³/mol. The van der Waals surface area contributed by atoms with Crippen LogP contribution in [0.25, 0.3) is 0 Å². The van der Waals surface area contributed by atoms with Crippen molar-refractivity contribution in [3.8, 4) is 0 Å². The monoisotopic (exact) mass is 462 g/mol. The van der Waals surface area contributed by atoms with Crippen LogP contribution >= 0.6 is 0 Å². The summed E-state index contributed by atoms with van der Waals surface area (Å²) in [6, 6.07) is -0.866. The fourth-order valence-electron chi connectivity index (χ4n) is 2.60. The lowest BCUT2D eigenvalue weighted by Crippen LogP contribution is -2.41. The van der Waals surface area contributed by atoms with Crippen molar-refractivity contribution in [3.05, 3.63) is 23.3 Å². The van der Waals surface area contributed by atoms with Crippen LogP contribution < -0.4 is 21.3 Å². The van der Waals surface area contributed by atoms with E-state index >= 15 is 0 Å². The summed E-state index contributed by atoms with van der Waals surface area (Å²) in [4.78, 5) is 52.9. The van der Waals surface area contributed by atoms with Gasteiger partial charge < -0.3 is 21.3 Å². The molecule has 10 nitrogen and oxygen atoms in total. The standard InChI is InChI=1S/2C11H17N3O2.CH4/c2*1-7-5-8(12-9(15)6-7)13-10(16)14-11(2,3)4;/h2*6H,5H2,1-4H3,(H2,12,13,14,15,16);1H4. The van der Waals surface area contributed by atoms with E-state index < -0.39 is 12.1 Å². The lowest BCUT2D eigenvalue weighted by molar-refractivity contribution is -0.116. The lowest BCUT2D eigenvalue weighted by Gasteiger charge is -2.19. The van der Waals surface area contributed by atoms with Crippen LogP contribution in [0.1, 0.15) is 75.7 Å². The third-order valence-corrected chi connectivity index (χ3v) is 3.62. The highest BCUT2D eigenvalue weighted by atomic mass is 16.2. The fourth-order valence-corrected chi connectivity index (χ4v) is 2.60. The number of nitrogens with zero attached hydrogens (tertiary/aromatic N) is 2. The van der Waals surface area contributed by atoms with Gasteiger partial charge in [-0.15, -0.1) is 0 Å². The quantitative estimate of drug-likeness (QED) is 0.438. The van der Waals surface area contributed by atoms with E-state index in [-0.39, 0.29) is 30.3 Å². The van der Waals surface area contributed by atoms with Gasteiger partial charge in [-0.05, 0) is 55.4 Å². The zero-order valence-corrected chi connectivity index (χ0v) is 20.1. The van der Waals surface area contributed by atoms with Crippen molar-refractivity contribution in [1.82, 2.24) is 21.3 Å². The second-order valence-electron chi connectivity index (χ2n) is 9.79. The van der Waals surface area contributed by atoms with Crippen molar-refractivity contribution in [2.75, 3.05) is 0 Å². The van der Waals surface area contributed by atoms with Gasteiger partial charge in [-0.3, -0.25) is 9.59 Å². The van der Waals surface area contributed by atoms with Gasteiger partial charge >= 0.3 is 12.1 Å². The Hall–Kier alpha value is -3.30. The number of hydrogen-bond donors (Lipinski definition) is 4. The molecule has 0 saturated carbocycles. The highest BCUT2D eigenvalue weighted by Gasteiger charge is 2.18. The van der Waals surface area contributed by atoms with Gasteiger partial charge in [-0.25, -0.2) is 9.59 Å². The number of aliphatic imine (C=N–C) groups is 2. The van der Waals surface area contributed by atoms with Crippen LogP contribution in [0.15, 0.2) is 33.3 Å². The molecule has 2 aliphatic rings. The summed E-state index contributed by atoms with van der Waals surface area (Å²) in [6.07, 6.45) is 4.01. The minimum Gasteiger partial charge on any atom is -0.332 e. The van der Waals surface area contributed by atoms with E-state index in [2.05, 4.69) is 31.3 Å². The molecule has 0 aliphatic carbocycles. The Bertz CT molecular complexity index is 825. The molecule has 4 N–H and O–H groups in total. The topological polar surface area (TPSA) is 141 Å². The van der Waals surface area contributed by atoms with E-state index in [0.717, 1.165) is 11.1 Å². The van der Waals surface area contributed by atoms with Crippen molar-refractivity contribution in [3.63, 3.8) is 0 Å². The molecule has 184 valence electrons. The summed E-state index contributed by atoms with van der Waals surface area (Å²) in [7, 11) is 0. The molecule has 0 spiro atoms. The Morgan fingerprint density at radius 2 is 1.06 bits per heavy atom. The molecule has 0 bridgehead atoms. The van der Waals surface area contributed by atoms with E-state index in [9.17, 15) is 19.2 Å². The van der Waals surface area contributed by atoms with E-state index in [1.165, 1.54) is 12.2 Å². The van der Waals surface area contributed by atoms with Crippen LogP contribution in [0.2, 0.25) is 0 Å². The van der Waals surface area contributed by atoms with Crippen molar-refractivity contribution in [2.45, 2.75) is 86.7 Å². The minimum absolute atomic E-state index is 0. The van der Waals surface area contributed by atoms with Crippen molar-refractivity contribution >= 4 is 35.5 Å². The Morgan fingerprint density at radius 3 is 1.30 bits per heavy atom. The van der Waals surface area contributed by atoms with Crippen molar-refractivity contribution in [1.29, 1.82) is 0 Å². The van der Waals surface area contributed by atoms with Gasteiger partial charge in [0, 0.05) is 36.1 Å². The normalized spacial score (nSPS) is 18.5. The Morgan fingerprint density at radius 1 is 0.758 bits per heavy atom. The molecule has 2 aliphatic heterocycles. The third-order valence-electron chi connectivity index (χ3n) is 3.62. The molecule has 6 amide bonds. The maximum Gasteiger partial charge on any atom is 0.343 e. The number of amides is 6. The molecule has 0 fully saturated rings. The smallest absolute Gasteiger partial charge is 0.332 e. The first-order valence-electron chi connectivity index (χ1n) is 10.3. The Balaban J connectivity index is 0.000000602. The zero-order chi connectivity index (χ0) is 24.7. The number of carbonyl (C=O) groups excluding carboxylic acids is 4. The highest BCUT2D eigenvalue weighted by molar-refractivity contribution is 6.10. The van der Waals surface area contributed by atoms with E-state index in [1.807, 2.05) is 55.4 Å². The third kappa shape index (κ3) is 13.7. The first-order valence-corrected chi connectivity index (χ1v) is 10.3. The molecule has 2 rings (SSSR count). The van der Waals surface area contributed by atoms with Gasteiger partial charge in [0.15, 0.2) is 0 Å². The molecule has 0 aromatic carbocycles. The van der Waals surface area contributed by atoms with Crippen LogP contribution in [0.5, 0.6) is 0 Å². The minimum atomic E-state index is -0.433. The van der Waals surface area contributed by atoms with Gasteiger partial charge in [-0.2, -0.15) is 9.98 Å². The van der Waals surface area contributed by atoms with E-state index in [0.29, 0.717) is 24.5 Å². The maximum absolute atomic E-state index is 11.5. The van der Waals surface area contributed by atoms with Gasteiger partial charge in [0.05, 0.1) is 0 Å². The fraction of sp³-hybridized carbons (Fsp3) is 0.565. The van der Waals surface area contributed by atoms with Crippen molar-refractivity contribution in [2.24, 2.45) is 9.98 Å². The first-order chi connectivity index (χ1) is 14.5. The number of nitrogens with one attached hydrogen (secondary N) is 4. The number of urea groups is 2. The molecule has 2 heterocycles. The highest BCUT2D eigenvalue weighted by Crippen LogP contribution is 2.07. The van der Waals surface area contributed by atoms with Crippen LogP contribution in [0.4, 0.5) is 9.59 Å². The molecular weight excluding hydrogens is 424 g/mol. The van der Waals surface area contributed by atoms with E-state index in [1.54, 1.807) is 0 Å². The molecule has 0 atom stereocenters. The van der Waals surface area contributed by atoms with Gasteiger partial charge in [0.1, 0.15) is 11.7 Å². The molecule has 0 saturated heterocycles. The summed E-state index contributed by atoms with van der Waals surface area (Å²) in [5.41, 5.74) is 1.13. The summed E-state index contributed by atoms with van der Waals surface area (Å²) in [5.74, 6) is 0.329. The molecule has 10 heteroatoms. The average molecular weight is 463 g/mol. The van der Waals surface area contributed by atoms with Gasteiger partial charge in [-0.1, -0.05) is 18.6 Å². The molecule has 0 aromatic heterocycles. The molecular formula is C23H38N6O4. The largest absolute Gasteiger partial charge is 0.343 e. The Kier molecular flexibility index (Phi) is 10.9. The maximum atomic E-state index is 11.5. The predicted octanol–water partition coefficient (Wildman–Crippen LogP) is 3.35. The molecule has 0 radical (unpaired) electrons. The first kappa shape index (κ1) is 29.7. The Labute approximate surface area is 196 Å². The van der Waals surface area contributed by atoms with Gasteiger partial charge in [0.25, 0.3) is 0 Å². The SMILES string of the molecule is C.CC1=CC(=O)NC(=NC(=O)NC(C)(C)C)C1.CC1=CC(=O)NC(=NC(=O)NC(C)(C)C)C1. The molecule has 0 aromatic rings. The lowest BCUT2D eigenvalue weighted by atomic mass is 10.1. The molecule has 0 unspecified atom stereocenters. The van der Waals surface area contributed by atoms with E-state index in [4.69, 9.17) is 0 Å². The number of rotatable bonds is 0. The summed E-state index contributed by atoms with van der Waals surface area (Å²) >= 11 is 0. The zero-order valence-electron chi connectivity index (χ0n) is 20.1. The second-order valence-corrected chi connectivity index (χ2v) is 9.79.